The van der Waals surface area contributed by atoms with Crippen molar-refractivity contribution in [1.82, 2.24) is 19.9 Å². The van der Waals surface area contributed by atoms with E-state index in [2.05, 4.69) is 21.3 Å². The SMILES string of the molecule is C#CCNC(=O)COC(=O)CCc1c(C)nc2cc(C)nn2c1C. The molecule has 1 amide bonds. The maximum Gasteiger partial charge on any atom is 0.306 e. The second kappa shape index (κ2) is 7.59. The van der Waals surface area contributed by atoms with Crippen LogP contribution in [0.2, 0.25) is 0 Å². The molecule has 0 fully saturated rings. The molecule has 0 aliphatic heterocycles. The Bertz CT molecular complexity index is 817. The van der Waals surface area contributed by atoms with Crippen LogP contribution in [0.15, 0.2) is 6.07 Å². The van der Waals surface area contributed by atoms with Crippen molar-refractivity contribution in [3.05, 3.63) is 28.7 Å². The highest BCUT2D eigenvalue weighted by Gasteiger charge is 2.14. The number of terminal acetylenes is 1. The number of carbonyl (C=O) groups excluding carboxylic acids is 2. The lowest BCUT2D eigenvalue weighted by atomic mass is 10.1. The van der Waals surface area contributed by atoms with Gasteiger partial charge in [0.1, 0.15) is 0 Å². The predicted molar refractivity (Wildman–Crippen MR) is 88.3 cm³/mol. The highest BCUT2D eigenvalue weighted by molar-refractivity contribution is 5.80. The monoisotopic (exact) mass is 328 g/mol. The second-order valence-electron chi connectivity index (χ2n) is 5.46. The number of nitrogens with zero attached hydrogens (tertiary/aromatic N) is 3. The highest BCUT2D eigenvalue weighted by atomic mass is 16.5. The number of rotatable bonds is 6. The van der Waals surface area contributed by atoms with Crippen molar-refractivity contribution < 1.29 is 14.3 Å². The summed E-state index contributed by atoms with van der Waals surface area (Å²) in [4.78, 5) is 27.6. The minimum Gasteiger partial charge on any atom is -0.456 e. The zero-order valence-electron chi connectivity index (χ0n) is 14.0. The minimum atomic E-state index is -0.443. The normalized spacial score (nSPS) is 10.4. The largest absolute Gasteiger partial charge is 0.456 e. The Morgan fingerprint density at radius 1 is 1.38 bits per heavy atom. The van der Waals surface area contributed by atoms with Gasteiger partial charge in [0.2, 0.25) is 0 Å². The lowest BCUT2D eigenvalue weighted by Crippen LogP contribution is -2.29. The molecule has 2 rings (SSSR count). The summed E-state index contributed by atoms with van der Waals surface area (Å²) in [5.74, 6) is 1.42. The summed E-state index contributed by atoms with van der Waals surface area (Å²) < 4.78 is 6.71. The van der Waals surface area contributed by atoms with Gasteiger partial charge < -0.3 is 10.1 Å². The number of nitrogens with one attached hydrogen (secondary N) is 1. The fourth-order valence-corrected chi connectivity index (χ4v) is 2.45. The third-order valence-electron chi connectivity index (χ3n) is 3.62. The summed E-state index contributed by atoms with van der Waals surface area (Å²) in [6.07, 6.45) is 5.67. The van der Waals surface area contributed by atoms with Gasteiger partial charge in [-0.3, -0.25) is 9.59 Å². The van der Waals surface area contributed by atoms with E-state index in [1.807, 2.05) is 26.8 Å². The summed E-state index contributed by atoms with van der Waals surface area (Å²) >= 11 is 0. The van der Waals surface area contributed by atoms with Gasteiger partial charge >= 0.3 is 5.97 Å². The molecule has 0 saturated heterocycles. The molecule has 0 bridgehead atoms. The number of aryl methyl sites for hydroxylation is 3. The maximum atomic E-state index is 11.8. The fourth-order valence-electron chi connectivity index (χ4n) is 2.45. The molecule has 126 valence electrons. The van der Waals surface area contributed by atoms with Gasteiger partial charge in [0.25, 0.3) is 5.91 Å². The molecular formula is C17H20N4O3. The van der Waals surface area contributed by atoms with Crippen LogP contribution in [0.1, 0.15) is 29.1 Å². The quantitative estimate of drug-likeness (QED) is 0.628. The molecule has 0 atom stereocenters. The molecule has 2 aromatic heterocycles. The molecule has 0 aromatic carbocycles. The Morgan fingerprint density at radius 2 is 2.12 bits per heavy atom. The molecule has 7 heteroatoms. The van der Waals surface area contributed by atoms with Crippen LogP contribution in [0.3, 0.4) is 0 Å². The molecule has 0 unspecified atom stereocenters. The Labute approximate surface area is 140 Å². The first kappa shape index (κ1) is 17.5. The molecule has 0 saturated carbocycles. The Balaban J connectivity index is 1.97. The Hall–Kier alpha value is -2.88. The van der Waals surface area contributed by atoms with Gasteiger partial charge in [-0.05, 0) is 32.8 Å². The van der Waals surface area contributed by atoms with Crippen LogP contribution in [-0.2, 0) is 20.7 Å². The highest BCUT2D eigenvalue weighted by Crippen LogP contribution is 2.17. The minimum absolute atomic E-state index is 0.115. The number of hydrogen-bond donors (Lipinski definition) is 1. The van der Waals surface area contributed by atoms with Crippen LogP contribution >= 0.6 is 0 Å². The topological polar surface area (TPSA) is 85.6 Å². The van der Waals surface area contributed by atoms with Crippen LogP contribution in [0, 0.1) is 33.1 Å². The Morgan fingerprint density at radius 3 is 2.83 bits per heavy atom. The standard InChI is InChI=1S/C17H20N4O3/c1-5-8-18-16(22)10-24-17(23)7-6-14-12(3)19-15-9-11(2)20-21(15)13(14)4/h1,9H,6-8,10H2,2-4H3,(H,18,22). The lowest BCUT2D eigenvalue weighted by Gasteiger charge is -2.11. The number of esters is 1. The molecule has 0 radical (unpaired) electrons. The molecule has 1 N–H and O–H groups in total. The average Bonchev–Trinajstić information content (AvgIpc) is 2.91. The first-order chi connectivity index (χ1) is 11.4. The van der Waals surface area contributed by atoms with Crippen LogP contribution in [0.5, 0.6) is 0 Å². The van der Waals surface area contributed by atoms with Crippen LogP contribution < -0.4 is 5.32 Å². The smallest absolute Gasteiger partial charge is 0.306 e. The fraction of sp³-hybridized carbons (Fsp3) is 0.412. The third kappa shape index (κ3) is 4.10. The van der Waals surface area contributed by atoms with E-state index in [1.165, 1.54) is 0 Å². The predicted octanol–water partition coefficient (Wildman–Crippen LogP) is 0.880. The molecule has 0 spiro atoms. The maximum absolute atomic E-state index is 11.8. The second-order valence-corrected chi connectivity index (χ2v) is 5.46. The zero-order valence-corrected chi connectivity index (χ0v) is 14.0. The van der Waals surface area contributed by atoms with Crippen molar-refractivity contribution in [2.45, 2.75) is 33.6 Å². The zero-order chi connectivity index (χ0) is 17.7. The van der Waals surface area contributed by atoms with E-state index < -0.39 is 11.9 Å². The molecule has 24 heavy (non-hydrogen) atoms. The average molecular weight is 328 g/mol. The Kier molecular flexibility index (Phi) is 5.53. The van der Waals surface area contributed by atoms with Crippen molar-refractivity contribution in [2.75, 3.05) is 13.2 Å². The van der Waals surface area contributed by atoms with E-state index in [0.717, 1.165) is 28.3 Å². The molecule has 0 aliphatic carbocycles. The van der Waals surface area contributed by atoms with Gasteiger partial charge in [0.15, 0.2) is 12.3 Å². The number of fused-ring (bicyclic) bond motifs is 1. The van der Waals surface area contributed by atoms with E-state index in [4.69, 9.17) is 11.2 Å². The number of carbonyl (C=O) groups is 2. The number of amides is 1. The summed E-state index contributed by atoms with van der Waals surface area (Å²) in [6.45, 7) is 5.55. The van der Waals surface area contributed by atoms with Crippen molar-refractivity contribution >= 4 is 17.5 Å². The number of aromatic nitrogens is 3. The third-order valence-corrected chi connectivity index (χ3v) is 3.62. The lowest BCUT2D eigenvalue weighted by molar-refractivity contribution is -0.148. The van der Waals surface area contributed by atoms with E-state index in [1.54, 1.807) is 4.52 Å². The van der Waals surface area contributed by atoms with Gasteiger partial charge in [-0.15, -0.1) is 6.42 Å². The summed E-state index contributed by atoms with van der Waals surface area (Å²) in [7, 11) is 0. The van der Waals surface area contributed by atoms with Crippen molar-refractivity contribution in [2.24, 2.45) is 0 Å². The van der Waals surface area contributed by atoms with Crippen LogP contribution in [0.25, 0.3) is 5.65 Å². The van der Waals surface area contributed by atoms with E-state index in [-0.39, 0.29) is 19.6 Å². The summed E-state index contributed by atoms with van der Waals surface area (Å²) in [5.41, 5.74) is 4.45. The van der Waals surface area contributed by atoms with E-state index in [0.29, 0.717) is 6.42 Å². The first-order valence-electron chi connectivity index (χ1n) is 7.60. The van der Waals surface area contributed by atoms with Crippen molar-refractivity contribution in [1.29, 1.82) is 0 Å². The van der Waals surface area contributed by atoms with Gasteiger partial charge in [0, 0.05) is 23.9 Å². The molecular weight excluding hydrogens is 308 g/mol. The van der Waals surface area contributed by atoms with Crippen LogP contribution in [-0.4, -0.2) is 39.6 Å². The van der Waals surface area contributed by atoms with Gasteiger partial charge in [-0.25, -0.2) is 9.50 Å². The number of ether oxygens (including phenoxy) is 1. The molecule has 2 heterocycles. The van der Waals surface area contributed by atoms with Gasteiger partial charge in [-0.1, -0.05) is 5.92 Å². The van der Waals surface area contributed by atoms with E-state index in [9.17, 15) is 9.59 Å². The van der Waals surface area contributed by atoms with Crippen molar-refractivity contribution in [3.8, 4) is 12.3 Å². The summed E-state index contributed by atoms with van der Waals surface area (Å²) in [5, 5.41) is 6.83. The number of hydrogen-bond acceptors (Lipinski definition) is 5. The molecule has 0 aliphatic rings. The van der Waals surface area contributed by atoms with Gasteiger partial charge in [0.05, 0.1) is 12.2 Å². The van der Waals surface area contributed by atoms with Crippen molar-refractivity contribution in [3.63, 3.8) is 0 Å². The first-order valence-corrected chi connectivity index (χ1v) is 7.60. The van der Waals surface area contributed by atoms with Crippen LogP contribution in [0.4, 0.5) is 0 Å². The molecule has 2 aromatic rings. The van der Waals surface area contributed by atoms with E-state index >= 15 is 0 Å². The molecule has 7 nitrogen and oxygen atoms in total. The van der Waals surface area contributed by atoms with Gasteiger partial charge in [-0.2, -0.15) is 5.10 Å². The summed E-state index contributed by atoms with van der Waals surface area (Å²) in [6, 6.07) is 1.91.